The Labute approximate surface area is 215 Å². The van der Waals surface area contributed by atoms with Crippen molar-refractivity contribution in [2.24, 2.45) is 16.7 Å². The summed E-state index contributed by atoms with van der Waals surface area (Å²) in [6.45, 7) is 8.55. The lowest BCUT2D eigenvalue weighted by molar-refractivity contribution is -0.216. The van der Waals surface area contributed by atoms with Crippen LogP contribution in [0.4, 0.5) is 13.6 Å². The van der Waals surface area contributed by atoms with Crippen molar-refractivity contribution in [2.45, 2.75) is 83.2 Å². The molecule has 1 aromatic carbocycles. The molecule has 1 aromatic rings. The van der Waals surface area contributed by atoms with Crippen molar-refractivity contribution < 1.29 is 28.2 Å². The van der Waals surface area contributed by atoms with E-state index in [2.05, 4.69) is 26.1 Å². The molecule has 0 saturated heterocycles. The first-order valence-corrected chi connectivity index (χ1v) is 12.9. The SMILES string of the molecule is CC[C@@]1(c2ccc(OCC(C)(C)C)c(Cl)c2)NC(=O)N(C23CC(C(=O)O)(C2)C3)C=C1C1CC(F)(F)C1. The Balaban J connectivity index is 1.50. The van der Waals surface area contributed by atoms with Gasteiger partial charge in [0.2, 0.25) is 5.92 Å². The average Bonchev–Trinajstić information content (AvgIpc) is 2.69. The summed E-state index contributed by atoms with van der Waals surface area (Å²) in [4.78, 5) is 26.6. The van der Waals surface area contributed by atoms with Gasteiger partial charge in [-0.25, -0.2) is 13.6 Å². The van der Waals surface area contributed by atoms with Gasteiger partial charge in [-0.3, -0.25) is 9.69 Å². The number of rotatable bonds is 7. The summed E-state index contributed by atoms with van der Waals surface area (Å²) in [6, 6.07) is 5.03. The molecule has 0 radical (unpaired) electrons. The van der Waals surface area contributed by atoms with Crippen LogP contribution in [0.25, 0.3) is 0 Å². The summed E-state index contributed by atoms with van der Waals surface area (Å²) in [5, 5.41) is 13.0. The number of carbonyl (C=O) groups excluding carboxylic acids is 1. The Morgan fingerprint density at radius 3 is 2.39 bits per heavy atom. The Morgan fingerprint density at radius 1 is 1.25 bits per heavy atom. The minimum absolute atomic E-state index is 0.0561. The number of carbonyl (C=O) groups is 2. The maximum absolute atomic E-state index is 14.0. The molecule has 0 unspecified atom stereocenters. The number of amides is 2. The first kappa shape index (κ1) is 25.3. The zero-order chi connectivity index (χ0) is 26.3. The zero-order valence-corrected chi connectivity index (χ0v) is 21.8. The van der Waals surface area contributed by atoms with Gasteiger partial charge in [-0.1, -0.05) is 45.4 Å². The van der Waals surface area contributed by atoms with E-state index in [-0.39, 0.29) is 24.3 Å². The Morgan fingerprint density at radius 2 is 1.89 bits per heavy atom. The molecule has 1 atom stereocenters. The highest BCUT2D eigenvalue weighted by Gasteiger charge is 2.75. The van der Waals surface area contributed by atoms with Crippen molar-refractivity contribution in [3.63, 3.8) is 0 Å². The predicted octanol–water partition coefficient (Wildman–Crippen LogP) is 6.33. The van der Waals surface area contributed by atoms with E-state index < -0.39 is 34.3 Å². The highest BCUT2D eigenvalue weighted by molar-refractivity contribution is 6.32. The van der Waals surface area contributed by atoms with E-state index in [9.17, 15) is 23.5 Å². The summed E-state index contributed by atoms with van der Waals surface area (Å²) in [5.41, 5.74) is -0.916. The van der Waals surface area contributed by atoms with Crippen molar-refractivity contribution in [3.05, 3.63) is 40.6 Å². The predicted molar refractivity (Wildman–Crippen MR) is 131 cm³/mol. The van der Waals surface area contributed by atoms with Gasteiger partial charge < -0.3 is 15.2 Å². The van der Waals surface area contributed by atoms with Crippen molar-refractivity contribution >= 4 is 23.6 Å². The fraction of sp³-hybridized carbons (Fsp3) is 0.630. The molecule has 4 saturated carbocycles. The van der Waals surface area contributed by atoms with Gasteiger partial charge in [-0.15, -0.1) is 0 Å². The summed E-state index contributed by atoms with van der Waals surface area (Å²) in [6.07, 6.45) is 2.79. The minimum Gasteiger partial charge on any atom is -0.491 e. The first-order valence-electron chi connectivity index (χ1n) is 12.5. The van der Waals surface area contributed by atoms with E-state index in [1.807, 2.05) is 13.0 Å². The zero-order valence-electron chi connectivity index (χ0n) is 21.1. The molecule has 2 N–H and O–H groups in total. The van der Waals surface area contributed by atoms with Gasteiger partial charge in [0, 0.05) is 19.0 Å². The summed E-state index contributed by atoms with van der Waals surface area (Å²) >= 11 is 6.59. The Bertz CT molecular complexity index is 1130. The van der Waals surface area contributed by atoms with Crippen LogP contribution in [-0.4, -0.2) is 40.1 Å². The van der Waals surface area contributed by atoms with Gasteiger partial charge in [-0.05, 0) is 60.3 Å². The van der Waals surface area contributed by atoms with E-state index in [0.717, 1.165) is 5.57 Å². The lowest BCUT2D eigenvalue weighted by Crippen LogP contribution is -2.78. The molecule has 5 aliphatic rings. The highest BCUT2D eigenvalue weighted by Crippen LogP contribution is 2.70. The molecule has 196 valence electrons. The third-order valence-electron chi connectivity index (χ3n) is 8.41. The monoisotopic (exact) mass is 522 g/mol. The molecule has 6 nitrogen and oxygen atoms in total. The number of urea groups is 1. The first-order chi connectivity index (χ1) is 16.6. The van der Waals surface area contributed by atoms with Crippen LogP contribution >= 0.6 is 11.6 Å². The van der Waals surface area contributed by atoms with Crippen LogP contribution in [0.2, 0.25) is 5.02 Å². The molecule has 6 rings (SSSR count). The van der Waals surface area contributed by atoms with Crippen LogP contribution in [0.15, 0.2) is 30.0 Å². The average molecular weight is 523 g/mol. The van der Waals surface area contributed by atoms with Crippen molar-refractivity contribution in [1.82, 2.24) is 10.2 Å². The van der Waals surface area contributed by atoms with Crippen molar-refractivity contribution in [3.8, 4) is 5.75 Å². The van der Waals surface area contributed by atoms with Gasteiger partial charge in [0.1, 0.15) is 5.75 Å². The number of carboxylic acids is 1. The lowest BCUT2D eigenvalue weighted by atomic mass is 9.38. The molecule has 1 aliphatic heterocycles. The van der Waals surface area contributed by atoms with E-state index in [4.69, 9.17) is 16.3 Å². The summed E-state index contributed by atoms with van der Waals surface area (Å²) in [7, 11) is 0. The Kier molecular flexibility index (Phi) is 5.50. The number of alkyl halides is 2. The molecule has 36 heavy (non-hydrogen) atoms. The topological polar surface area (TPSA) is 78.9 Å². The fourth-order valence-corrected chi connectivity index (χ4v) is 6.68. The molecule has 1 heterocycles. The van der Waals surface area contributed by atoms with Gasteiger partial charge >= 0.3 is 12.0 Å². The third kappa shape index (κ3) is 3.78. The lowest BCUT2D eigenvalue weighted by Gasteiger charge is -2.71. The number of nitrogens with one attached hydrogen (secondary N) is 1. The molecule has 0 spiro atoms. The standard InChI is InChI=1S/C27H33ClF2N2O4/c1-5-27(17-6-7-20(19(28)8-17)36-15-23(2,3)4)18(16-9-26(29,30)10-16)11-32(22(35)31-27)25-12-24(13-25,14-25)21(33)34/h6-8,11,16H,5,9-10,12-15H2,1-4H3,(H,31,35)(H,33,34)/t24?,25?,27-/m0/s1. The second kappa shape index (κ2) is 7.83. The number of hydrogen-bond donors (Lipinski definition) is 2. The number of hydrogen-bond acceptors (Lipinski definition) is 3. The van der Waals surface area contributed by atoms with Gasteiger partial charge in [-0.2, -0.15) is 0 Å². The molecule has 4 aliphatic carbocycles. The van der Waals surface area contributed by atoms with Crippen molar-refractivity contribution in [1.29, 1.82) is 0 Å². The smallest absolute Gasteiger partial charge is 0.322 e. The Hall–Kier alpha value is -2.35. The molecule has 2 bridgehead atoms. The third-order valence-corrected chi connectivity index (χ3v) is 8.71. The van der Waals surface area contributed by atoms with E-state index >= 15 is 0 Å². The summed E-state index contributed by atoms with van der Waals surface area (Å²) in [5.74, 6) is -3.45. The molecule has 9 heteroatoms. The fourth-order valence-electron chi connectivity index (χ4n) is 6.44. The molecule has 2 amide bonds. The molecule has 0 aromatic heterocycles. The van der Waals surface area contributed by atoms with Crippen LogP contribution < -0.4 is 10.1 Å². The van der Waals surface area contributed by atoms with Crippen LogP contribution in [-0.2, 0) is 10.3 Å². The van der Waals surface area contributed by atoms with Crippen LogP contribution in [0.5, 0.6) is 5.75 Å². The van der Waals surface area contributed by atoms with Gasteiger partial charge in [0.25, 0.3) is 0 Å². The van der Waals surface area contributed by atoms with Gasteiger partial charge in [0.15, 0.2) is 0 Å². The van der Waals surface area contributed by atoms with E-state index in [1.165, 1.54) is 0 Å². The second-order valence-electron chi connectivity index (χ2n) is 12.4. The quantitative estimate of drug-likeness (QED) is 0.438. The highest BCUT2D eigenvalue weighted by atomic mass is 35.5. The number of ether oxygens (including phenoxy) is 1. The van der Waals surface area contributed by atoms with Crippen LogP contribution in [0.3, 0.4) is 0 Å². The molecular formula is C27H33ClF2N2O4. The molecule has 4 fully saturated rings. The molecular weight excluding hydrogens is 490 g/mol. The number of benzene rings is 1. The maximum atomic E-state index is 14.0. The number of nitrogens with zero attached hydrogens (tertiary/aromatic N) is 1. The number of halogens is 3. The maximum Gasteiger partial charge on any atom is 0.322 e. The number of aliphatic carboxylic acids is 1. The normalized spacial score (nSPS) is 33.0. The van der Waals surface area contributed by atoms with E-state index in [1.54, 1.807) is 23.2 Å². The summed E-state index contributed by atoms with van der Waals surface area (Å²) < 4.78 is 33.9. The van der Waals surface area contributed by atoms with Crippen LogP contribution in [0, 0.1) is 16.7 Å². The minimum atomic E-state index is -2.73. The van der Waals surface area contributed by atoms with Crippen LogP contribution in [0.1, 0.15) is 71.8 Å². The van der Waals surface area contributed by atoms with Crippen molar-refractivity contribution in [2.75, 3.05) is 6.61 Å². The second-order valence-corrected chi connectivity index (χ2v) is 12.8. The largest absolute Gasteiger partial charge is 0.491 e. The van der Waals surface area contributed by atoms with Gasteiger partial charge in [0.05, 0.1) is 28.1 Å². The van der Waals surface area contributed by atoms with E-state index in [0.29, 0.717) is 48.6 Å². The number of carboxylic acid groups (broad SMARTS) is 1.